The van der Waals surface area contributed by atoms with Crippen LogP contribution in [-0.2, 0) is 0 Å². The molecule has 0 atom stereocenters. The van der Waals surface area contributed by atoms with E-state index in [0.29, 0.717) is 16.9 Å². The molecular weight excluding hydrogens is 288 g/mol. The van der Waals surface area contributed by atoms with Gasteiger partial charge in [0.25, 0.3) is 0 Å². The Morgan fingerprint density at radius 3 is 2.52 bits per heavy atom. The average molecular weight is 307 g/mol. The first kappa shape index (κ1) is 15.3. The lowest BCUT2D eigenvalue weighted by atomic mass is 10.2. The lowest BCUT2D eigenvalue weighted by Crippen LogP contribution is -2.25. The van der Waals surface area contributed by atoms with Crippen molar-refractivity contribution in [1.29, 1.82) is 0 Å². The molecule has 0 fully saturated rings. The van der Waals surface area contributed by atoms with E-state index in [1.54, 1.807) is 0 Å². The van der Waals surface area contributed by atoms with Crippen LogP contribution in [0.2, 0.25) is 5.02 Å². The minimum absolute atomic E-state index is 0.188. The molecule has 3 N–H and O–H groups in total. The summed E-state index contributed by atoms with van der Waals surface area (Å²) in [5, 5.41) is 3.79. The molecule has 1 heterocycles. The van der Waals surface area contributed by atoms with Crippen LogP contribution in [0, 0.1) is 6.92 Å². The minimum Gasteiger partial charge on any atom is -0.368 e. The molecule has 0 unspecified atom stereocenters. The van der Waals surface area contributed by atoms with E-state index in [-0.39, 0.29) is 5.95 Å². The summed E-state index contributed by atoms with van der Waals surface area (Å²) in [6.45, 7) is 7.63. The molecule has 0 saturated carbocycles. The van der Waals surface area contributed by atoms with E-state index in [9.17, 15) is 0 Å². The van der Waals surface area contributed by atoms with Crippen LogP contribution in [0.15, 0.2) is 18.2 Å². The standard InChI is InChI=1S/C14H19ClN6/c1-4-21(5-2)14-19-12(16)18-13(20-14)17-10-7-6-9(3)11(15)8-10/h6-8H,4-5H2,1-3H3,(H3,16,17,18,19,20). The number of nitrogens with one attached hydrogen (secondary N) is 1. The van der Waals surface area contributed by atoms with E-state index in [0.717, 1.165) is 24.3 Å². The molecule has 1 aromatic heterocycles. The van der Waals surface area contributed by atoms with Crippen LogP contribution >= 0.6 is 11.6 Å². The van der Waals surface area contributed by atoms with Crippen molar-refractivity contribution in [3.05, 3.63) is 28.8 Å². The van der Waals surface area contributed by atoms with Crippen LogP contribution in [0.25, 0.3) is 0 Å². The van der Waals surface area contributed by atoms with Gasteiger partial charge in [-0.25, -0.2) is 0 Å². The molecule has 0 radical (unpaired) electrons. The molecule has 6 nitrogen and oxygen atoms in total. The second-order valence-corrected chi connectivity index (χ2v) is 4.99. The molecule has 0 aliphatic carbocycles. The highest BCUT2D eigenvalue weighted by Crippen LogP contribution is 2.22. The van der Waals surface area contributed by atoms with Crippen LogP contribution in [-0.4, -0.2) is 28.0 Å². The Hall–Kier alpha value is -2.08. The van der Waals surface area contributed by atoms with Crippen molar-refractivity contribution in [3.8, 4) is 0 Å². The molecule has 2 aromatic rings. The van der Waals surface area contributed by atoms with Crippen molar-refractivity contribution in [3.63, 3.8) is 0 Å². The summed E-state index contributed by atoms with van der Waals surface area (Å²) in [4.78, 5) is 14.7. The Kier molecular flexibility index (Phi) is 4.80. The SMILES string of the molecule is CCN(CC)c1nc(N)nc(Nc2ccc(C)c(Cl)c2)n1. The number of hydrogen-bond donors (Lipinski definition) is 2. The normalized spacial score (nSPS) is 10.5. The zero-order valence-corrected chi connectivity index (χ0v) is 13.1. The van der Waals surface area contributed by atoms with Gasteiger partial charge in [0.15, 0.2) is 0 Å². The molecule has 21 heavy (non-hydrogen) atoms. The molecule has 0 aliphatic heterocycles. The Morgan fingerprint density at radius 1 is 1.19 bits per heavy atom. The van der Waals surface area contributed by atoms with Gasteiger partial charge in [-0.3, -0.25) is 0 Å². The summed E-state index contributed by atoms with van der Waals surface area (Å²) in [5.74, 6) is 1.16. The van der Waals surface area contributed by atoms with Crippen LogP contribution in [0.4, 0.5) is 23.5 Å². The van der Waals surface area contributed by atoms with Gasteiger partial charge in [0.2, 0.25) is 17.8 Å². The maximum absolute atomic E-state index is 6.11. The molecule has 1 aromatic carbocycles. The zero-order valence-electron chi connectivity index (χ0n) is 12.4. The first-order chi connectivity index (χ1) is 10.0. The number of nitrogens with zero attached hydrogens (tertiary/aromatic N) is 4. The number of halogens is 1. The highest BCUT2D eigenvalue weighted by molar-refractivity contribution is 6.31. The van der Waals surface area contributed by atoms with E-state index in [1.165, 1.54) is 0 Å². The summed E-state index contributed by atoms with van der Waals surface area (Å²) >= 11 is 6.11. The Balaban J connectivity index is 2.29. The highest BCUT2D eigenvalue weighted by atomic mass is 35.5. The zero-order chi connectivity index (χ0) is 15.4. The second-order valence-electron chi connectivity index (χ2n) is 4.58. The quantitative estimate of drug-likeness (QED) is 0.884. The molecule has 2 rings (SSSR count). The maximum atomic E-state index is 6.11. The third-order valence-electron chi connectivity index (χ3n) is 3.12. The van der Waals surface area contributed by atoms with E-state index >= 15 is 0 Å². The summed E-state index contributed by atoms with van der Waals surface area (Å²) in [6.07, 6.45) is 0. The van der Waals surface area contributed by atoms with Gasteiger partial charge in [-0.2, -0.15) is 15.0 Å². The molecule has 0 aliphatic rings. The number of aryl methyl sites for hydroxylation is 1. The fourth-order valence-corrected chi connectivity index (χ4v) is 2.06. The van der Waals surface area contributed by atoms with Crippen molar-refractivity contribution in [2.45, 2.75) is 20.8 Å². The number of nitrogens with two attached hydrogens (primary N) is 1. The van der Waals surface area contributed by atoms with Crippen LogP contribution < -0.4 is 16.0 Å². The lowest BCUT2D eigenvalue weighted by molar-refractivity contribution is 0.816. The van der Waals surface area contributed by atoms with Gasteiger partial charge in [-0.05, 0) is 38.5 Å². The number of hydrogen-bond acceptors (Lipinski definition) is 6. The van der Waals surface area contributed by atoms with Gasteiger partial charge in [-0.15, -0.1) is 0 Å². The molecule has 0 bridgehead atoms. The summed E-state index contributed by atoms with van der Waals surface area (Å²) < 4.78 is 0. The van der Waals surface area contributed by atoms with Gasteiger partial charge in [0, 0.05) is 23.8 Å². The average Bonchev–Trinajstić information content (AvgIpc) is 2.44. The fourth-order valence-electron chi connectivity index (χ4n) is 1.88. The Morgan fingerprint density at radius 2 is 1.90 bits per heavy atom. The number of rotatable bonds is 5. The van der Waals surface area contributed by atoms with Crippen molar-refractivity contribution >= 4 is 35.1 Å². The topological polar surface area (TPSA) is 80.0 Å². The smallest absolute Gasteiger partial charge is 0.233 e. The lowest BCUT2D eigenvalue weighted by Gasteiger charge is -2.19. The van der Waals surface area contributed by atoms with Gasteiger partial charge in [0.05, 0.1) is 0 Å². The monoisotopic (exact) mass is 306 g/mol. The predicted molar refractivity (Wildman–Crippen MR) is 87.3 cm³/mol. The highest BCUT2D eigenvalue weighted by Gasteiger charge is 2.10. The van der Waals surface area contributed by atoms with E-state index < -0.39 is 0 Å². The third kappa shape index (κ3) is 3.72. The number of anilines is 4. The molecule has 0 amide bonds. The minimum atomic E-state index is 0.188. The fraction of sp³-hybridized carbons (Fsp3) is 0.357. The third-order valence-corrected chi connectivity index (χ3v) is 3.52. The van der Waals surface area contributed by atoms with Crippen molar-refractivity contribution in [2.24, 2.45) is 0 Å². The molecule has 7 heteroatoms. The Labute approximate surface area is 129 Å². The first-order valence-electron chi connectivity index (χ1n) is 6.83. The van der Waals surface area contributed by atoms with Crippen molar-refractivity contribution in [2.75, 3.05) is 29.0 Å². The molecule has 112 valence electrons. The second kappa shape index (κ2) is 6.58. The van der Waals surface area contributed by atoms with Crippen molar-refractivity contribution in [1.82, 2.24) is 15.0 Å². The van der Waals surface area contributed by atoms with Gasteiger partial charge in [0.1, 0.15) is 0 Å². The van der Waals surface area contributed by atoms with Gasteiger partial charge >= 0.3 is 0 Å². The van der Waals surface area contributed by atoms with Crippen LogP contribution in [0.5, 0.6) is 0 Å². The number of benzene rings is 1. The molecular formula is C14H19ClN6. The predicted octanol–water partition coefficient (Wildman–Crippen LogP) is 3.01. The first-order valence-corrected chi connectivity index (χ1v) is 7.21. The summed E-state index contributed by atoms with van der Waals surface area (Å²) in [7, 11) is 0. The maximum Gasteiger partial charge on any atom is 0.233 e. The van der Waals surface area contributed by atoms with Gasteiger partial charge in [-0.1, -0.05) is 17.7 Å². The van der Waals surface area contributed by atoms with Crippen molar-refractivity contribution < 1.29 is 0 Å². The molecule has 0 spiro atoms. The molecule has 0 saturated heterocycles. The van der Waals surface area contributed by atoms with Crippen LogP contribution in [0.1, 0.15) is 19.4 Å². The largest absolute Gasteiger partial charge is 0.368 e. The Bertz CT molecular complexity index is 627. The van der Waals surface area contributed by atoms with E-state index in [2.05, 4.69) is 20.3 Å². The number of nitrogen functional groups attached to an aromatic ring is 1. The summed E-state index contributed by atoms with van der Waals surface area (Å²) in [6, 6.07) is 5.67. The summed E-state index contributed by atoms with van der Waals surface area (Å²) in [5.41, 5.74) is 7.58. The number of aromatic nitrogens is 3. The van der Waals surface area contributed by atoms with E-state index in [4.69, 9.17) is 17.3 Å². The van der Waals surface area contributed by atoms with Crippen LogP contribution in [0.3, 0.4) is 0 Å². The van der Waals surface area contributed by atoms with E-state index in [1.807, 2.05) is 43.9 Å². The van der Waals surface area contributed by atoms with Gasteiger partial charge < -0.3 is 16.0 Å².